The Kier molecular flexibility index (Phi) is 6.82. The van der Waals surface area contributed by atoms with E-state index in [-0.39, 0.29) is 28.4 Å². The zero-order valence-corrected chi connectivity index (χ0v) is 24.0. The number of carbonyl (C=O) groups is 3. The van der Waals surface area contributed by atoms with E-state index in [1.165, 1.54) is 38.3 Å². The van der Waals surface area contributed by atoms with Crippen LogP contribution in [0.15, 0.2) is 24.3 Å². The number of ether oxygens (including phenoxy) is 5. The molecule has 6 rings (SSSR count). The van der Waals surface area contributed by atoms with Gasteiger partial charge in [-0.1, -0.05) is 25.1 Å². The van der Waals surface area contributed by atoms with E-state index in [9.17, 15) is 19.5 Å². The number of phenolic OH excluding ortho intramolecular Hbond substituents is 1. The van der Waals surface area contributed by atoms with Gasteiger partial charge in [0.05, 0.1) is 12.4 Å². The molecule has 0 aromatic heterocycles. The van der Waals surface area contributed by atoms with E-state index in [4.69, 9.17) is 23.7 Å². The summed E-state index contributed by atoms with van der Waals surface area (Å²) in [5.41, 5.74) is 1.11. The third-order valence-corrected chi connectivity index (χ3v) is 10.7. The lowest BCUT2D eigenvalue weighted by atomic mass is 9.53. The molecule has 2 saturated heterocycles. The maximum atomic E-state index is 12.7. The number of methoxy groups -OCH3 is 1. The molecule has 0 amide bonds. The summed E-state index contributed by atoms with van der Waals surface area (Å²) in [7, 11) is 3.43. The molecule has 1 aromatic carbocycles. The van der Waals surface area contributed by atoms with Crippen LogP contribution in [0.3, 0.4) is 0 Å². The van der Waals surface area contributed by atoms with Crippen molar-refractivity contribution in [2.24, 2.45) is 11.8 Å². The molecule has 3 aliphatic heterocycles. The molecule has 1 aromatic rings. The summed E-state index contributed by atoms with van der Waals surface area (Å²) in [5, 5.41) is 10.6. The molecule has 5 aliphatic rings. The van der Waals surface area contributed by atoms with E-state index in [2.05, 4.69) is 24.1 Å². The number of esters is 3. The first-order valence-electron chi connectivity index (χ1n) is 13.7. The zero-order chi connectivity index (χ0) is 28.5. The van der Waals surface area contributed by atoms with Crippen molar-refractivity contribution in [2.75, 3.05) is 20.7 Å². The normalized spacial score (nSPS) is 39.1. The number of likely N-dealkylation sites (tertiary alicyclic amines) is 1. The molecule has 1 N–H and O–H groups in total. The molecule has 10 nitrogen and oxygen atoms in total. The smallest absolute Gasteiger partial charge is 0.335 e. The van der Waals surface area contributed by atoms with Gasteiger partial charge in [-0.05, 0) is 38.1 Å². The maximum Gasteiger partial charge on any atom is 0.335 e. The highest BCUT2D eigenvalue weighted by Crippen LogP contribution is 2.63. The zero-order valence-electron chi connectivity index (χ0n) is 23.2. The quantitative estimate of drug-likeness (QED) is 0.317. The molecular formula is C29H35NO9S. The van der Waals surface area contributed by atoms with Crippen LogP contribution in [-0.4, -0.2) is 89.8 Å². The SMILES string of the molecule is COC(=O)[C@H]1OC(S[C@@H]2C=CC3[C@H]4Cc5ccc(O)c6c5[C@@]3(CCN4C)C2O6)[C@H](OC(C)=O)[C@@H](OC(C)=O)[C@@H]1C. The predicted molar refractivity (Wildman–Crippen MR) is 144 cm³/mol. The Hall–Kier alpha value is -2.76. The van der Waals surface area contributed by atoms with Crippen LogP contribution >= 0.6 is 11.8 Å². The molecule has 40 heavy (non-hydrogen) atoms. The molecule has 2 bridgehead atoms. The molecule has 2 fully saturated rings. The van der Waals surface area contributed by atoms with Gasteiger partial charge in [-0.2, -0.15) is 0 Å². The third kappa shape index (κ3) is 4.03. The van der Waals surface area contributed by atoms with Crippen LogP contribution in [0.4, 0.5) is 0 Å². The van der Waals surface area contributed by atoms with Crippen LogP contribution in [0.2, 0.25) is 0 Å². The number of phenols is 1. The maximum absolute atomic E-state index is 12.7. The number of piperidine rings is 1. The molecular weight excluding hydrogens is 538 g/mol. The van der Waals surface area contributed by atoms with Gasteiger partial charge in [0, 0.05) is 42.7 Å². The number of aromatic hydroxyl groups is 1. The van der Waals surface area contributed by atoms with Crippen molar-refractivity contribution < 1.29 is 43.2 Å². The molecule has 1 spiro atoms. The first-order valence-corrected chi connectivity index (χ1v) is 14.6. The number of nitrogens with zero attached hydrogens (tertiary/aromatic N) is 1. The largest absolute Gasteiger partial charge is 0.504 e. The van der Waals surface area contributed by atoms with Crippen molar-refractivity contribution in [2.45, 2.75) is 80.2 Å². The van der Waals surface area contributed by atoms with E-state index in [0.717, 1.165) is 24.9 Å². The summed E-state index contributed by atoms with van der Waals surface area (Å²) >= 11 is 1.38. The fourth-order valence-electron chi connectivity index (χ4n) is 7.64. The summed E-state index contributed by atoms with van der Waals surface area (Å²) < 4.78 is 29.3. The highest BCUT2D eigenvalue weighted by molar-refractivity contribution is 8.00. The molecule has 11 heteroatoms. The fourth-order valence-corrected chi connectivity index (χ4v) is 9.12. The lowest BCUT2D eigenvalue weighted by Gasteiger charge is -2.57. The lowest BCUT2D eigenvalue weighted by Crippen LogP contribution is -2.65. The second kappa shape index (κ2) is 9.95. The second-order valence-corrected chi connectivity index (χ2v) is 12.8. The average molecular weight is 574 g/mol. The number of hydrogen-bond donors (Lipinski definition) is 1. The van der Waals surface area contributed by atoms with E-state index < -0.39 is 47.6 Å². The Labute approximate surface area is 237 Å². The van der Waals surface area contributed by atoms with Gasteiger partial charge in [0.15, 0.2) is 23.7 Å². The topological polar surface area (TPSA) is 121 Å². The number of hydrogen-bond acceptors (Lipinski definition) is 11. The summed E-state index contributed by atoms with van der Waals surface area (Å²) in [4.78, 5) is 39.4. The average Bonchev–Trinajstić information content (AvgIpc) is 3.26. The second-order valence-electron chi connectivity index (χ2n) is 11.5. The highest BCUT2D eigenvalue weighted by atomic mass is 32.2. The minimum atomic E-state index is -1.03. The van der Waals surface area contributed by atoms with Gasteiger partial charge < -0.3 is 33.7 Å². The van der Waals surface area contributed by atoms with Crippen LogP contribution in [0, 0.1) is 11.8 Å². The lowest BCUT2D eigenvalue weighted by molar-refractivity contribution is -0.213. The van der Waals surface area contributed by atoms with Gasteiger partial charge in [-0.3, -0.25) is 9.59 Å². The highest BCUT2D eigenvalue weighted by Gasteiger charge is 2.65. The number of likely N-dealkylation sites (N-methyl/N-ethyl adjacent to an activating group) is 1. The van der Waals surface area contributed by atoms with Crippen molar-refractivity contribution in [3.63, 3.8) is 0 Å². The van der Waals surface area contributed by atoms with Gasteiger partial charge >= 0.3 is 17.9 Å². The Balaban J connectivity index is 1.39. The van der Waals surface area contributed by atoms with E-state index >= 15 is 0 Å². The summed E-state index contributed by atoms with van der Waals surface area (Å²) in [5.74, 6) is -1.45. The van der Waals surface area contributed by atoms with Gasteiger partial charge in [0.1, 0.15) is 17.6 Å². The van der Waals surface area contributed by atoms with Crippen molar-refractivity contribution in [3.05, 3.63) is 35.4 Å². The first-order chi connectivity index (χ1) is 19.1. The molecule has 0 saturated carbocycles. The first kappa shape index (κ1) is 27.4. The third-order valence-electron chi connectivity index (χ3n) is 9.33. The van der Waals surface area contributed by atoms with Crippen molar-refractivity contribution in [1.82, 2.24) is 4.90 Å². The number of thioether (sulfide) groups is 1. The van der Waals surface area contributed by atoms with Gasteiger partial charge in [0.2, 0.25) is 0 Å². The Morgan fingerprint density at radius 2 is 1.85 bits per heavy atom. The van der Waals surface area contributed by atoms with Crippen LogP contribution in [0.5, 0.6) is 11.5 Å². The van der Waals surface area contributed by atoms with Gasteiger partial charge in [-0.15, -0.1) is 11.8 Å². The van der Waals surface area contributed by atoms with Crippen LogP contribution in [0.1, 0.15) is 38.3 Å². The molecule has 216 valence electrons. The minimum absolute atomic E-state index is 0.128. The van der Waals surface area contributed by atoms with Crippen LogP contribution < -0.4 is 4.74 Å². The van der Waals surface area contributed by atoms with Crippen molar-refractivity contribution in [3.8, 4) is 11.5 Å². The standard InChI is InChI=1S/C29H35NO9S/c1-13-22(36-14(2)31)25(37-15(3)32)28(39-23(13)27(34)35-5)40-20-9-7-17-18-12-16-6-8-19(33)24-21(16)29(17,26(20)38-24)10-11-30(18)4/h6-9,13,17-18,20,22-23,25-26,28,33H,10-12H2,1-5H3/t13-,17?,18+,20+,22-,23-,25+,26?,28?,29-/m0/s1. The van der Waals surface area contributed by atoms with Crippen LogP contribution in [0.25, 0.3) is 0 Å². The van der Waals surface area contributed by atoms with Crippen molar-refractivity contribution >= 4 is 29.7 Å². The minimum Gasteiger partial charge on any atom is -0.504 e. The fraction of sp³-hybridized carbons (Fsp3) is 0.621. The molecule has 2 aliphatic carbocycles. The van der Waals surface area contributed by atoms with E-state index in [0.29, 0.717) is 11.8 Å². The monoisotopic (exact) mass is 573 g/mol. The summed E-state index contributed by atoms with van der Waals surface area (Å²) in [6, 6.07) is 4.03. The Morgan fingerprint density at radius 1 is 1.12 bits per heavy atom. The van der Waals surface area contributed by atoms with E-state index in [1.54, 1.807) is 13.0 Å². The summed E-state index contributed by atoms with van der Waals surface area (Å²) in [6.07, 6.45) is 2.87. The number of rotatable bonds is 5. The molecule has 10 atom stereocenters. The molecule has 0 radical (unpaired) electrons. The molecule has 3 unspecified atom stereocenters. The Bertz CT molecular complexity index is 1270. The number of benzene rings is 1. The van der Waals surface area contributed by atoms with Gasteiger partial charge in [-0.25, -0.2) is 4.79 Å². The predicted octanol–water partition coefficient (Wildman–Crippen LogP) is 2.34. The van der Waals surface area contributed by atoms with Crippen molar-refractivity contribution in [1.29, 1.82) is 0 Å². The van der Waals surface area contributed by atoms with Crippen LogP contribution in [-0.2, 0) is 45.2 Å². The van der Waals surface area contributed by atoms with E-state index in [1.807, 2.05) is 6.07 Å². The van der Waals surface area contributed by atoms with Gasteiger partial charge in [0.25, 0.3) is 0 Å². The summed E-state index contributed by atoms with van der Waals surface area (Å²) in [6.45, 7) is 5.17. The Morgan fingerprint density at radius 3 is 2.55 bits per heavy atom. The molecule has 3 heterocycles. The number of carbonyl (C=O) groups excluding carboxylic acids is 3.